The molecule has 0 aliphatic carbocycles. The first-order chi connectivity index (χ1) is 9.20. The Bertz CT molecular complexity index is 519. The van der Waals surface area contributed by atoms with Crippen LogP contribution in [0.15, 0.2) is 11.6 Å². The van der Waals surface area contributed by atoms with Crippen LogP contribution in [-0.4, -0.2) is 18.6 Å². The minimum atomic E-state index is 0.712. The summed E-state index contributed by atoms with van der Waals surface area (Å²) in [6.07, 6.45) is 0.961. The second-order valence-corrected chi connectivity index (χ2v) is 6.77. The quantitative estimate of drug-likeness (QED) is 0.796. The van der Waals surface area contributed by atoms with E-state index in [1.165, 1.54) is 20.2 Å². The highest BCUT2D eigenvalue weighted by Crippen LogP contribution is 2.22. The van der Waals surface area contributed by atoms with Gasteiger partial charge in [0.1, 0.15) is 0 Å². The zero-order valence-electron chi connectivity index (χ0n) is 11.7. The maximum absolute atomic E-state index is 5.79. The van der Waals surface area contributed by atoms with Crippen LogP contribution in [0, 0.1) is 13.8 Å². The molecular weight excluding hydrogens is 276 g/mol. The molecule has 1 N–H and O–H groups in total. The van der Waals surface area contributed by atoms with Crippen LogP contribution < -0.4 is 5.32 Å². The number of hydrogen-bond acceptors (Lipinski definition) is 5. The Morgan fingerprint density at radius 1 is 1.37 bits per heavy atom. The van der Waals surface area contributed by atoms with Gasteiger partial charge >= 0.3 is 0 Å². The van der Waals surface area contributed by atoms with E-state index >= 15 is 0 Å². The first-order valence-corrected chi connectivity index (χ1v) is 8.09. The van der Waals surface area contributed by atoms with Gasteiger partial charge in [-0.2, -0.15) is 0 Å². The molecule has 104 valence electrons. The van der Waals surface area contributed by atoms with Gasteiger partial charge in [0.2, 0.25) is 0 Å². The SMILES string of the molecule is CNCc1cc(COCCc2scnc2C)c(C)s1. The maximum atomic E-state index is 5.79. The average molecular weight is 296 g/mol. The number of ether oxygens (including phenoxy) is 1. The van der Waals surface area contributed by atoms with Crippen LogP contribution in [0.4, 0.5) is 0 Å². The fourth-order valence-electron chi connectivity index (χ4n) is 1.91. The molecule has 0 aliphatic rings. The zero-order valence-corrected chi connectivity index (χ0v) is 13.3. The lowest BCUT2D eigenvalue weighted by Crippen LogP contribution is -2.03. The molecule has 0 aromatic carbocycles. The Labute approximate surface area is 122 Å². The van der Waals surface area contributed by atoms with Gasteiger partial charge in [0.15, 0.2) is 0 Å². The minimum Gasteiger partial charge on any atom is -0.376 e. The lowest BCUT2D eigenvalue weighted by Gasteiger charge is -2.03. The summed E-state index contributed by atoms with van der Waals surface area (Å²) in [7, 11) is 1.97. The Morgan fingerprint density at radius 3 is 2.89 bits per heavy atom. The van der Waals surface area contributed by atoms with Gasteiger partial charge < -0.3 is 10.1 Å². The molecule has 0 aliphatic heterocycles. The summed E-state index contributed by atoms with van der Waals surface area (Å²) in [4.78, 5) is 8.31. The molecule has 0 spiro atoms. The number of hydrogen-bond donors (Lipinski definition) is 1. The van der Waals surface area contributed by atoms with E-state index in [1.807, 2.05) is 23.9 Å². The Hall–Kier alpha value is -0.750. The fourth-order valence-corrected chi connectivity index (χ4v) is 3.73. The summed E-state index contributed by atoms with van der Waals surface area (Å²) in [6, 6.07) is 2.24. The Balaban J connectivity index is 1.78. The fraction of sp³-hybridized carbons (Fsp3) is 0.500. The van der Waals surface area contributed by atoms with Crippen molar-refractivity contribution in [2.75, 3.05) is 13.7 Å². The zero-order chi connectivity index (χ0) is 13.7. The topological polar surface area (TPSA) is 34.1 Å². The third-order valence-corrected chi connectivity index (χ3v) is 5.09. The van der Waals surface area contributed by atoms with Crippen LogP contribution in [0.25, 0.3) is 0 Å². The lowest BCUT2D eigenvalue weighted by molar-refractivity contribution is 0.124. The smallest absolute Gasteiger partial charge is 0.0797 e. The van der Waals surface area contributed by atoms with Gasteiger partial charge in [-0.05, 0) is 32.5 Å². The normalized spacial score (nSPS) is 11.1. The molecule has 0 saturated carbocycles. The van der Waals surface area contributed by atoms with Gasteiger partial charge in [-0.15, -0.1) is 22.7 Å². The van der Waals surface area contributed by atoms with Crippen molar-refractivity contribution in [3.8, 4) is 0 Å². The van der Waals surface area contributed by atoms with E-state index < -0.39 is 0 Å². The molecule has 0 fully saturated rings. The van der Waals surface area contributed by atoms with Crippen LogP contribution in [-0.2, 0) is 24.3 Å². The second-order valence-electron chi connectivity index (χ2n) is 4.49. The Morgan fingerprint density at radius 2 is 2.21 bits per heavy atom. The van der Waals surface area contributed by atoms with E-state index in [1.54, 1.807) is 11.3 Å². The maximum Gasteiger partial charge on any atom is 0.0797 e. The van der Waals surface area contributed by atoms with E-state index in [9.17, 15) is 0 Å². The number of nitrogens with one attached hydrogen (secondary N) is 1. The lowest BCUT2D eigenvalue weighted by atomic mass is 10.2. The van der Waals surface area contributed by atoms with Gasteiger partial charge in [0.05, 0.1) is 24.4 Å². The molecule has 0 amide bonds. The molecule has 3 nitrogen and oxygen atoms in total. The summed E-state index contributed by atoms with van der Waals surface area (Å²) in [6.45, 7) is 6.63. The minimum absolute atomic E-state index is 0.712. The van der Waals surface area contributed by atoms with Gasteiger partial charge in [-0.3, -0.25) is 0 Å². The van der Waals surface area contributed by atoms with Crippen molar-refractivity contribution in [2.45, 2.75) is 33.4 Å². The molecule has 0 bridgehead atoms. The summed E-state index contributed by atoms with van der Waals surface area (Å²) in [5.74, 6) is 0. The van der Waals surface area contributed by atoms with Crippen LogP contribution in [0.2, 0.25) is 0 Å². The highest BCUT2D eigenvalue weighted by atomic mass is 32.1. The van der Waals surface area contributed by atoms with Crippen LogP contribution in [0.1, 0.15) is 25.9 Å². The first-order valence-electron chi connectivity index (χ1n) is 6.40. The molecule has 2 rings (SSSR count). The molecule has 19 heavy (non-hydrogen) atoms. The Kier molecular flexibility index (Phi) is 5.51. The summed E-state index contributed by atoms with van der Waals surface area (Å²) < 4.78 is 5.79. The van der Waals surface area contributed by atoms with Gasteiger partial charge in [-0.1, -0.05) is 0 Å². The third-order valence-electron chi connectivity index (χ3n) is 3.00. The molecule has 2 heterocycles. The molecule has 2 aromatic heterocycles. The predicted octanol–water partition coefficient (Wildman–Crippen LogP) is 3.30. The monoisotopic (exact) mass is 296 g/mol. The van der Waals surface area contributed by atoms with Gasteiger partial charge in [0.25, 0.3) is 0 Å². The summed E-state index contributed by atoms with van der Waals surface area (Å²) >= 11 is 3.56. The van der Waals surface area contributed by atoms with Gasteiger partial charge in [0, 0.05) is 27.6 Å². The average Bonchev–Trinajstić information content (AvgIpc) is 2.93. The number of thiazole rings is 1. The molecule has 0 radical (unpaired) electrons. The number of nitrogens with zero attached hydrogens (tertiary/aromatic N) is 1. The highest BCUT2D eigenvalue weighted by Gasteiger charge is 2.06. The number of thiophene rings is 1. The third kappa shape index (κ3) is 4.11. The molecule has 0 unspecified atom stereocenters. The standard InChI is InChI=1S/C14H20N2OS2/c1-10-14(18-9-16-10)4-5-17-8-12-6-13(7-15-3)19-11(12)2/h6,9,15H,4-5,7-8H2,1-3H3. The highest BCUT2D eigenvalue weighted by molar-refractivity contribution is 7.12. The largest absolute Gasteiger partial charge is 0.376 e. The molecule has 0 saturated heterocycles. The van der Waals surface area contributed by atoms with E-state index in [0.717, 1.165) is 25.3 Å². The molecule has 0 atom stereocenters. The van der Waals surface area contributed by atoms with Crippen molar-refractivity contribution in [3.05, 3.63) is 37.5 Å². The van der Waals surface area contributed by atoms with Gasteiger partial charge in [-0.25, -0.2) is 4.98 Å². The van der Waals surface area contributed by atoms with Crippen LogP contribution in [0.3, 0.4) is 0 Å². The summed E-state index contributed by atoms with van der Waals surface area (Å²) in [5, 5.41) is 3.18. The van der Waals surface area contributed by atoms with Crippen molar-refractivity contribution < 1.29 is 4.74 Å². The van der Waals surface area contributed by atoms with Crippen LogP contribution in [0.5, 0.6) is 0 Å². The predicted molar refractivity (Wildman–Crippen MR) is 82.0 cm³/mol. The number of aryl methyl sites for hydroxylation is 2. The van der Waals surface area contributed by atoms with Crippen molar-refractivity contribution >= 4 is 22.7 Å². The van der Waals surface area contributed by atoms with Crippen molar-refractivity contribution in [1.82, 2.24) is 10.3 Å². The van der Waals surface area contributed by atoms with E-state index in [-0.39, 0.29) is 0 Å². The van der Waals surface area contributed by atoms with Crippen molar-refractivity contribution in [1.29, 1.82) is 0 Å². The van der Waals surface area contributed by atoms with E-state index in [0.29, 0.717) is 6.61 Å². The van der Waals surface area contributed by atoms with E-state index in [2.05, 4.69) is 30.2 Å². The molecular formula is C14H20N2OS2. The first kappa shape index (κ1) is 14.7. The second kappa shape index (κ2) is 7.14. The van der Waals surface area contributed by atoms with Crippen molar-refractivity contribution in [3.63, 3.8) is 0 Å². The number of aromatic nitrogens is 1. The van der Waals surface area contributed by atoms with Crippen LogP contribution >= 0.6 is 22.7 Å². The number of rotatable bonds is 7. The summed E-state index contributed by atoms with van der Waals surface area (Å²) in [5.41, 5.74) is 4.35. The van der Waals surface area contributed by atoms with E-state index in [4.69, 9.17) is 4.74 Å². The molecule has 2 aromatic rings. The van der Waals surface area contributed by atoms with Crippen molar-refractivity contribution in [2.24, 2.45) is 0 Å². The molecule has 5 heteroatoms.